The maximum atomic E-state index is 10.9. The Bertz CT molecular complexity index is 416. The Labute approximate surface area is 120 Å². The third-order valence-corrected chi connectivity index (χ3v) is 3.77. The summed E-state index contributed by atoms with van der Waals surface area (Å²) >= 11 is 0. The van der Waals surface area contributed by atoms with E-state index in [1.807, 2.05) is 24.3 Å². The Morgan fingerprint density at radius 1 is 1.15 bits per heavy atom. The molecule has 0 aliphatic heterocycles. The van der Waals surface area contributed by atoms with Gasteiger partial charge in [0.15, 0.2) is 0 Å². The molecule has 1 aromatic carbocycles. The highest BCUT2D eigenvalue weighted by molar-refractivity contribution is 5.73. The molecule has 0 heterocycles. The van der Waals surface area contributed by atoms with Crippen molar-refractivity contribution in [3.05, 3.63) is 35.4 Å². The molecule has 0 aromatic heterocycles. The normalized spacial score (nSPS) is 15.6. The lowest BCUT2D eigenvalue weighted by Gasteiger charge is -2.17. The number of rotatable bonds is 8. The first kappa shape index (κ1) is 16.7. The molecule has 20 heavy (non-hydrogen) atoms. The molecule has 0 spiro atoms. The summed E-state index contributed by atoms with van der Waals surface area (Å²) in [6.45, 7) is 6.37. The van der Waals surface area contributed by atoms with Crippen molar-refractivity contribution < 1.29 is 15.0 Å². The molecule has 0 fully saturated rings. The number of benzene rings is 1. The molecule has 0 radical (unpaired) electrons. The fourth-order valence-electron chi connectivity index (χ4n) is 2.06. The van der Waals surface area contributed by atoms with Gasteiger partial charge in [-0.15, -0.1) is 0 Å². The molecule has 0 aliphatic carbocycles. The largest absolute Gasteiger partial charge is 0.480 e. The van der Waals surface area contributed by atoms with E-state index >= 15 is 0 Å². The minimum atomic E-state index is -0.883. The number of aliphatic carboxylic acids is 1. The molecular weight excluding hydrogens is 254 g/mol. The van der Waals surface area contributed by atoms with Gasteiger partial charge in [-0.3, -0.25) is 4.79 Å². The number of hydrogen-bond donors (Lipinski definition) is 3. The highest BCUT2D eigenvalue weighted by Crippen LogP contribution is 2.21. The van der Waals surface area contributed by atoms with Crippen LogP contribution in [0.4, 0.5) is 0 Å². The molecule has 4 nitrogen and oxygen atoms in total. The SMILES string of the molecule is CCC(NCC(O)c1ccc(C(C)CC)cc1)C(=O)O. The van der Waals surface area contributed by atoms with Crippen molar-refractivity contribution in [2.24, 2.45) is 0 Å². The number of carbonyl (C=O) groups is 1. The minimum Gasteiger partial charge on any atom is -0.480 e. The highest BCUT2D eigenvalue weighted by atomic mass is 16.4. The topological polar surface area (TPSA) is 69.6 Å². The van der Waals surface area contributed by atoms with Gasteiger partial charge in [-0.25, -0.2) is 0 Å². The number of carboxylic acids is 1. The van der Waals surface area contributed by atoms with Gasteiger partial charge in [0.1, 0.15) is 6.04 Å². The van der Waals surface area contributed by atoms with Crippen molar-refractivity contribution in [2.75, 3.05) is 6.54 Å². The number of hydrogen-bond acceptors (Lipinski definition) is 3. The Balaban J connectivity index is 2.59. The summed E-state index contributed by atoms with van der Waals surface area (Å²) in [6, 6.07) is 7.28. The van der Waals surface area contributed by atoms with Crippen LogP contribution in [-0.2, 0) is 4.79 Å². The van der Waals surface area contributed by atoms with Gasteiger partial charge < -0.3 is 15.5 Å². The van der Waals surface area contributed by atoms with E-state index in [1.54, 1.807) is 6.92 Å². The molecule has 0 aliphatic rings. The van der Waals surface area contributed by atoms with Gasteiger partial charge in [-0.1, -0.05) is 45.0 Å². The molecule has 0 saturated heterocycles. The summed E-state index contributed by atoms with van der Waals surface area (Å²) < 4.78 is 0. The van der Waals surface area contributed by atoms with Crippen molar-refractivity contribution in [2.45, 2.75) is 51.7 Å². The van der Waals surface area contributed by atoms with Gasteiger partial charge in [-0.2, -0.15) is 0 Å². The standard InChI is InChI=1S/C16H25NO3/c1-4-11(3)12-6-8-13(9-7-12)15(18)10-17-14(5-2)16(19)20/h6-9,11,14-15,17-18H,4-5,10H2,1-3H3,(H,19,20). The Morgan fingerprint density at radius 2 is 1.70 bits per heavy atom. The van der Waals surface area contributed by atoms with E-state index < -0.39 is 18.1 Å². The molecule has 4 heteroatoms. The summed E-state index contributed by atoms with van der Waals surface area (Å²) in [5.74, 6) is -0.373. The maximum absolute atomic E-state index is 10.9. The zero-order valence-corrected chi connectivity index (χ0v) is 12.5. The minimum absolute atomic E-state index is 0.244. The van der Waals surface area contributed by atoms with Crippen molar-refractivity contribution in [3.63, 3.8) is 0 Å². The van der Waals surface area contributed by atoms with Gasteiger partial charge in [0.25, 0.3) is 0 Å². The molecule has 3 atom stereocenters. The summed E-state index contributed by atoms with van der Waals surface area (Å²) in [4.78, 5) is 10.9. The van der Waals surface area contributed by atoms with Crippen LogP contribution in [0.3, 0.4) is 0 Å². The van der Waals surface area contributed by atoms with Crippen LogP contribution in [0.5, 0.6) is 0 Å². The summed E-state index contributed by atoms with van der Waals surface area (Å²) in [7, 11) is 0. The van der Waals surface area contributed by atoms with Gasteiger partial charge >= 0.3 is 5.97 Å². The molecule has 0 bridgehead atoms. The highest BCUT2D eigenvalue weighted by Gasteiger charge is 2.16. The average molecular weight is 279 g/mol. The second-order valence-corrected chi connectivity index (χ2v) is 5.20. The van der Waals surface area contributed by atoms with Crippen molar-refractivity contribution in [1.29, 1.82) is 0 Å². The molecule has 0 saturated carbocycles. The second-order valence-electron chi connectivity index (χ2n) is 5.20. The summed E-state index contributed by atoms with van der Waals surface area (Å²) in [5, 5.41) is 21.9. The number of aliphatic hydroxyl groups is 1. The van der Waals surface area contributed by atoms with E-state index in [0.717, 1.165) is 12.0 Å². The van der Waals surface area contributed by atoms with Crippen LogP contribution >= 0.6 is 0 Å². The van der Waals surface area contributed by atoms with Crippen LogP contribution in [0.2, 0.25) is 0 Å². The Kier molecular flexibility index (Phi) is 6.68. The van der Waals surface area contributed by atoms with E-state index in [4.69, 9.17) is 5.11 Å². The summed E-state index contributed by atoms with van der Waals surface area (Å²) in [5.41, 5.74) is 2.07. The fraction of sp³-hybridized carbons (Fsp3) is 0.562. The van der Waals surface area contributed by atoms with E-state index in [0.29, 0.717) is 12.3 Å². The van der Waals surface area contributed by atoms with Crippen molar-refractivity contribution in [3.8, 4) is 0 Å². The molecular formula is C16H25NO3. The van der Waals surface area contributed by atoms with Crippen LogP contribution in [0, 0.1) is 0 Å². The molecule has 112 valence electrons. The average Bonchev–Trinajstić information content (AvgIpc) is 2.46. The van der Waals surface area contributed by atoms with E-state index in [-0.39, 0.29) is 6.54 Å². The van der Waals surface area contributed by atoms with Crippen LogP contribution in [0.15, 0.2) is 24.3 Å². The third-order valence-electron chi connectivity index (χ3n) is 3.77. The third kappa shape index (κ3) is 4.62. The Morgan fingerprint density at radius 3 is 2.15 bits per heavy atom. The quantitative estimate of drug-likeness (QED) is 0.684. The van der Waals surface area contributed by atoms with Crippen LogP contribution in [0.25, 0.3) is 0 Å². The van der Waals surface area contributed by atoms with Gasteiger partial charge in [0, 0.05) is 6.54 Å². The Hall–Kier alpha value is -1.39. The van der Waals surface area contributed by atoms with E-state index in [2.05, 4.69) is 19.2 Å². The monoisotopic (exact) mass is 279 g/mol. The molecule has 3 N–H and O–H groups in total. The molecule has 0 amide bonds. The lowest BCUT2D eigenvalue weighted by atomic mass is 9.96. The predicted molar refractivity (Wildman–Crippen MR) is 79.8 cm³/mol. The van der Waals surface area contributed by atoms with Crippen LogP contribution in [0.1, 0.15) is 56.8 Å². The maximum Gasteiger partial charge on any atom is 0.320 e. The second kappa shape index (κ2) is 8.02. The predicted octanol–water partition coefficient (Wildman–Crippen LogP) is 2.69. The number of aliphatic hydroxyl groups excluding tert-OH is 1. The van der Waals surface area contributed by atoms with Crippen LogP contribution < -0.4 is 5.32 Å². The lowest BCUT2D eigenvalue weighted by molar-refractivity contribution is -0.139. The first-order valence-electron chi connectivity index (χ1n) is 7.23. The van der Waals surface area contributed by atoms with E-state index in [1.165, 1.54) is 5.56 Å². The van der Waals surface area contributed by atoms with Gasteiger partial charge in [0.05, 0.1) is 6.10 Å². The van der Waals surface area contributed by atoms with Crippen molar-refractivity contribution in [1.82, 2.24) is 5.32 Å². The smallest absolute Gasteiger partial charge is 0.320 e. The van der Waals surface area contributed by atoms with Gasteiger partial charge in [0.2, 0.25) is 0 Å². The summed E-state index contributed by atoms with van der Waals surface area (Å²) in [6.07, 6.45) is 0.893. The van der Waals surface area contributed by atoms with Gasteiger partial charge in [-0.05, 0) is 29.9 Å². The zero-order chi connectivity index (χ0) is 15.1. The molecule has 1 aromatic rings. The van der Waals surface area contributed by atoms with Crippen LogP contribution in [-0.4, -0.2) is 28.8 Å². The molecule has 3 unspecified atom stereocenters. The first-order chi connectivity index (χ1) is 9.49. The fourth-order valence-corrected chi connectivity index (χ4v) is 2.06. The zero-order valence-electron chi connectivity index (χ0n) is 12.5. The lowest BCUT2D eigenvalue weighted by Crippen LogP contribution is -2.38. The number of nitrogens with one attached hydrogen (secondary N) is 1. The first-order valence-corrected chi connectivity index (χ1v) is 7.23. The molecule has 1 rings (SSSR count). The van der Waals surface area contributed by atoms with Crippen molar-refractivity contribution >= 4 is 5.97 Å². The number of carboxylic acid groups (broad SMARTS) is 1. The van der Waals surface area contributed by atoms with E-state index in [9.17, 15) is 9.90 Å².